The van der Waals surface area contributed by atoms with Gasteiger partial charge in [-0.3, -0.25) is 19.9 Å². The van der Waals surface area contributed by atoms with Crippen LogP contribution in [-0.2, 0) is 16.0 Å². The highest BCUT2D eigenvalue weighted by Crippen LogP contribution is 2.26. The van der Waals surface area contributed by atoms with E-state index in [1.165, 1.54) is 11.9 Å². The van der Waals surface area contributed by atoms with Gasteiger partial charge in [-0.2, -0.15) is 0 Å². The van der Waals surface area contributed by atoms with Crippen LogP contribution in [0.3, 0.4) is 0 Å². The summed E-state index contributed by atoms with van der Waals surface area (Å²) in [5.41, 5.74) is 4.31. The maximum absolute atomic E-state index is 13.3. The minimum Gasteiger partial charge on any atom is -0.392 e. The number of hydrogen-bond acceptors (Lipinski definition) is 4. The van der Waals surface area contributed by atoms with Gasteiger partial charge in [0.1, 0.15) is 0 Å². The Morgan fingerprint density at radius 2 is 1.93 bits per heavy atom. The number of amides is 2. The minimum absolute atomic E-state index is 0.0587. The van der Waals surface area contributed by atoms with Crippen molar-refractivity contribution < 1.29 is 14.7 Å². The van der Waals surface area contributed by atoms with Crippen LogP contribution in [0.15, 0.2) is 48.5 Å². The van der Waals surface area contributed by atoms with Crippen LogP contribution in [-0.4, -0.2) is 52.6 Å². The van der Waals surface area contributed by atoms with Crippen molar-refractivity contribution in [1.29, 1.82) is 0 Å². The van der Waals surface area contributed by atoms with Gasteiger partial charge in [-0.15, -0.1) is 0 Å². The number of hydrogen-bond donors (Lipinski definition) is 2. The van der Waals surface area contributed by atoms with Crippen LogP contribution in [0.1, 0.15) is 30.5 Å². The zero-order valence-corrected chi connectivity index (χ0v) is 18.2. The van der Waals surface area contributed by atoms with E-state index in [9.17, 15) is 14.7 Å². The van der Waals surface area contributed by atoms with E-state index in [0.29, 0.717) is 35.1 Å². The second-order valence-electron chi connectivity index (χ2n) is 7.49. The molecule has 2 aromatic carbocycles. The van der Waals surface area contributed by atoms with Gasteiger partial charge in [-0.1, -0.05) is 59.6 Å². The molecule has 30 heavy (non-hydrogen) atoms. The smallest absolute Gasteiger partial charge is 0.246 e. The summed E-state index contributed by atoms with van der Waals surface area (Å²) >= 11 is 12.1. The first kappa shape index (κ1) is 22.6. The third kappa shape index (κ3) is 5.95. The maximum Gasteiger partial charge on any atom is 0.246 e. The summed E-state index contributed by atoms with van der Waals surface area (Å²) in [7, 11) is 0. The molecule has 2 atom stereocenters. The number of carbonyl (C=O) groups is 2. The number of aliphatic hydroxyl groups is 1. The van der Waals surface area contributed by atoms with E-state index >= 15 is 0 Å². The van der Waals surface area contributed by atoms with Gasteiger partial charge in [0.05, 0.1) is 28.6 Å². The molecule has 0 aromatic heterocycles. The lowest BCUT2D eigenvalue weighted by atomic mass is 10.0. The second-order valence-corrected chi connectivity index (χ2v) is 8.30. The normalized spacial score (nSPS) is 17.5. The predicted octanol–water partition coefficient (Wildman–Crippen LogP) is 3.22. The van der Waals surface area contributed by atoms with Crippen LogP contribution in [0.4, 0.5) is 0 Å². The molecule has 1 fully saturated rings. The van der Waals surface area contributed by atoms with E-state index < -0.39 is 6.04 Å². The van der Waals surface area contributed by atoms with Crippen molar-refractivity contribution in [3.05, 3.63) is 69.7 Å². The van der Waals surface area contributed by atoms with Gasteiger partial charge in [0.15, 0.2) is 0 Å². The Hall–Kier alpha value is -2.12. The molecule has 0 bridgehead atoms. The molecule has 0 unspecified atom stereocenters. The number of β-amino-alcohol motifs (C(OH)–C–C–N with tert-alkyl or cyclic N) is 1. The van der Waals surface area contributed by atoms with Gasteiger partial charge < -0.3 is 5.11 Å². The summed E-state index contributed by atoms with van der Waals surface area (Å²) in [6.45, 7) is 3.15. The highest BCUT2D eigenvalue weighted by molar-refractivity contribution is 6.42. The Balaban J connectivity index is 1.88. The molecule has 2 aromatic rings. The van der Waals surface area contributed by atoms with Crippen LogP contribution in [0.5, 0.6) is 0 Å². The number of rotatable bonds is 6. The molecule has 0 radical (unpaired) electrons. The highest BCUT2D eigenvalue weighted by atomic mass is 35.5. The summed E-state index contributed by atoms with van der Waals surface area (Å²) in [5.74, 6) is -0.600. The van der Waals surface area contributed by atoms with Crippen molar-refractivity contribution in [3.8, 4) is 0 Å². The van der Waals surface area contributed by atoms with Crippen molar-refractivity contribution in [2.45, 2.75) is 31.9 Å². The van der Waals surface area contributed by atoms with Crippen molar-refractivity contribution >= 4 is 35.0 Å². The maximum atomic E-state index is 13.3. The number of hydrazine groups is 1. The fraction of sp³-hybridized carbons (Fsp3) is 0.364. The number of likely N-dealkylation sites (tertiary alicyclic amines) is 1. The number of carbonyl (C=O) groups excluding carboxylic acids is 2. The van der Waals surface area contributed by atoms with Gasteiger partial charge in [0, 0.05) is 26.6 Å². The van der Waals surface area contributed by atoms with Gasteiger partial charge >= 0.3 is 0 Å². The molecule has 0 spiro atoms. The highest BCUT2D eigenvalue weighted by Gasteiger charge is 2.31. The van der Waals surface area contributed by atoms with Gasteiger partial charge in [0.2, 0.25) is 11.8 Å². The molecular formula is C22H25Cl2N3O3. The SMILES string of the molecule is CC(=O)NN(C(=O)Cc1ccc(Cl)c(Cl)c1)[C@H](CN1CC[C@H](O)C1)c1ccccc1. The Bertz CT molecular complexity index is 894. The molecule has 0 aliphatic carbocycles. The molecule has 3 rings (SSSR count). The standard InChI is InChI=1S/C22H25Cl2N3O3/c1-15(28)25-27(22(30)12-16-7-8-19(23)20(24)11-16)21(17-5-3-2-4-6-17)14-26-10-9-18(29)13-26/h2-8,11,18,21,29H,9-10,12-14H2,1H3,(H,25,28)/t18-,21+/m0/s1. The number of nitrogens with one attached hydrogen (secondary N) is 1. The van der Waals surface area contributed by atoms with E-state index in [2.05, 4.69) is 10.3 Å². The molecule has 6 nitrogen and oxygen atoms in total. The van der Waals surface area contributed by atoms with E-state index in [-0.39, 0.29) is 24.3 Å². The molecule has 2 N–H and O–H groups in total. The van der Waals surface area contributed by atoms with Gasteiger partial charge in [-0.05, 0) is 29.7 Å². The van der Waals surface area contributed by atoms with Gasteiger partial charge in [-0.25, -0.2) is 5.01 Å². The minimum atomic E-state index is -0.407. The molecule has 1 aliphatic rings. The average molecular weight is 450 g/mol. The number of aliphatic hydroxyl groups excluding tert-OH is 1. The quantitative estimate of drug-likeness (QED) is 0.663. The molecule has 8 heteroatoms. The van der Waals surface area contributed by atoms with Crippen LogP contribution >= 0.6 is 23.2 Å². The lowest BCUT2D eigenvalue weighted by molar-refractivity contribution is -0.144. The topological polar surface area (TPSA) is 72.9 Å². The van der Waals surface area contributed by atoms with E-state index in [1.54, 1.807) is 18.2 Å². The second kappa shape index (κ2) is 10.3. The monoisotopic (exact) mass is 449 g/mol. The zero-order valence-electron chi connectivity index (χ0n) is 16.7. The van der Waals surface area contributed by atoms with Crippen LogP contribution < -0.4 is 5.43 Å². The summed E-state index contributed by atoms with van der Waals surface area (Å²) in [4.78, 5) is 27.3. The number of halogens is 2. The number of benzene rings is 2. The van der Waals surface area contributed by atoms with Crippen LogP contribution in [0.25, 0.3) is 0 Å². The third-order valence-electron chi connectivity index (χ3n) is 5.06. The molecule has 1 aliphatic heterocycles. The summed E-state index contributed by atoms with van der Waals surface area (Å²) < 4.78 is 0. The Morgan fingerprint density at radius 3 is 2.53 bits per heavy atom. The average Bonchev–Trinajstić information content (AvgIpc) is 3.12. The lowest BCUT2D eigenvalue weighted by Crippen LogP contribution is -2.51. The zero-order chi connectivity index (χ0) is 21.7. The predicted molar refractivity (Wildman–Crippen MR) is 117 cm³/mol. The van der Waals surface area contributed by atoms with Gasteiger partial charge in [0.25, 0.3) is 0 Å². The fourth-order valence-electron chi connectivity index (χ4n) is 3.63. The summed E-state index contributed by atoms with van der Waals surface area (Å²) in [6.07, 6.45) is 0.379. The molecule has 1 heterocycles. The van der Waals surface area contributed by atoms with Crippen molar-refractivity contribution in [2.24, 2.45) is 0 Å². The Labute approximate surface area is 186 Å². The molecule has 2 amide bonds. The summed E-state index contributed by atoms with van der Waals surface area (Å²) in [5, 5.41) is 12.1. The van der Waals surface area contributed by atoms with Crippen molar-refractivity contribution in [1.82, 2.24) is 15.3 Å². The molecular weight excluding hydrogens is 425 g/mol. The Kier molecular flexibility index (Phi) is 7.72. The largest absolute Gasteiger partial charge is 0.392 e. The van der Waals surface area contributed by atoms with Crippen molar-refractivity contribution in [2.75, 3.05) is 19.6 Å². The van der Waals surface area contributed by atoms with E-state index in [1.807, 2.05) is 30.3 Å². The fourth-order valence-corrected chi connectivity index (χ4v) is 3.95. The third-order valence-corrected chi connectivity index (χ3v) is 5.80. The van der Waals surface area contributed by atoms with Crippen LogP contribution in [0, 0.1) is 0 Å². The first-order chi connectivity index (χ1) is 14.3. The van der Waals surface area contributed by atoms with Crippen molar-refractivity contribution in [3.63, 3.8) is 0 Å². The molecule has 1 saturated heterocycles. The molecule has 0 saturated carbocycles. The lowest BCUT2D eigenvalue weighted by Gasteiger charge is -2.34. The van der Waals surface area contributed by atoms with E-state index in [4.69, 9.17) is 23.2 Å². The Morgan fingerprint density at radius 1 is 1.20 bits per heavy atom. The van der Waals surface area contributed by atoms with E-state index in [0.717, 1.165) is 12.1 Å². The first-order valence-electron chi connectivity index (χ1n) is 9.82. The van der Waals surface area contributed by atoms with Crippen LogP contribution in [0.2, 0.25) is 10.0 Å². The summed E-state index contributed by atoms with van der Waals surface area (Å²) in [6, 6.07) is 14.2. The number of nitrogens with zero attached hydrogens (tertiary/aromatic N) is 2. The molecule has 160 valence electrons. The first-order valence-corrected chi connectivity index (χ1v) is 10.6.